The van der Waals surface area contributed by atoms with E-state index in [1.807, 2.05) is 0 Å². The van der Waals surface area contributed by atoms with Crippen LogP contribution >= 0.6 is 33.3 Å². The van der Waals surface area contributed by atoms with E-state index < -0.39 is 26.1 Å². The summed E-state index contributed by atoms with van der Waals surface area (Å²) in [7, 11) is 1.97. The number of hydrogen-bond donors (Lipinski definition) is 0. The van der Waals surface area contributed by atoms with Crippen molar-refractivity contribution < 1.29 is 21.9 Å². The largest absolute Gasteiger partial charge is 0.494 e. The highest BCUT2D eigenvalue weighted by Gasteiger charge is 2.25. The molecule has 0 bridgehead atoms. The minimum absolute atomic E-state index is 0.0694. The average Bonchev–Trinajstić information content (AvgIpc) is 2.15. The Bertz CT molecular complexity index is 509. The van der Waals surface area contributed by atoms with Crippen molar-refractivity contribution in [1.82, 2.24) is 4.98 Å². The van der Waals surface area contributed by atoms with Crippen molar-refractivity contribution in [2.45, 2.75) is 11.5 Å². The summed E-state index contributed by atoms with van der Waals surface area (Å²) >= 11 is 1.66. The molecule has 90 valence electrons. The predicted molar refractivity (Wildman–Crippen MR) is 61.5 cm³/mol. The third kappa shape index (κ3) is 2.92. The van der Waals surface area contributed by atoms with Crippen LogP contribution in [0.5, 0.6) is 5.75 Å². The van der Waals surface area contributed by atoms with Crippen molar-refractivity contribution in [3.63, 3.8) is 0 Å². The summed E-state index contributed by atoms with van der Waals surface area (Å²) < 4.78 is 52.1. The molecule has 0 fully saturated rings. The Kier molecular flexibility index (Phi) is 4.29. The number of alkyl halides is 2. The van der Waals surface area contributed by atoms with Gasteiger partial charge < -0.3 is 4.74 Å². The Morgan fingerprint density at radius 1 is 1.56 bits per heavy atom. The Balaban J connectivity index is 3.55. The second-order valence-electron chi connectivity index (χ2n) is 2.61. The smallest absolute Gasteiger partial charge is 0.279 e. The normalized spacial score (nSPS) is 11.9. The Labute approximate surface area is 109 Å². The highest BCUT2D eigenvalue weighted by molar-refractivity contribution is 14.1. The van der Waals surface area contributed by atoms with Crippen LogP contribution in [0.2, 0.25) is 0 Å². The molecule has 0 spiro atoms. The number of rotatable bonds is 3. The standard InChI is InChI=1S/C7H5ClF2INO3S/c1-15-4-2-3(5(9)10)7(12-6(4)11)16(8,13)14/h2,5H,1H3. The number of nitrogens with zero attached hydrogens (tertiary/aromatic N) is 1. The fraction of sp³-hybridized carbons (Fsp3) is 0.286. The molecule has 0 aliphatic carbocycles. The molecule has 0 radical (unpaired) electrons. The molecule has 1 aromatic heterocycles. The van der Waals surface area contributed by atoms with E-state index in [0.29, 0.717) is 0 Å². The molecule has 16 heavy (non-hydrogen) atoms. The van der Waals surface area contributed by atoms with Crippen LogP contribution in [0.15, 0.2) is 11.1 Å². The quantitative estimate of drug-likeness (QED) is 0.457. The van der Waals surface area contributed by atoms with Crippen LogP contribution in [0.1, 0.15) is 12.0 Å². The molecule has 0 amide bonds. The summed E-state index contributed by atoms with van der Waals surface area (Å²) in [6.07, 6.45) is -3.00. The number of ether oxygens (including phenoxy) is 1. The Morgan fingerprint density at radius 2 is 2.12 bits per heavy atom. The maximum absolute atomic E-state index is 12.6. The average molecular weight is 384 g/mol. The molecule has 0 atom stereocenters. The predicted octanol–water partition coefficient (Wildman–Crippen LogP) is 2.56. The lowest BCUT2D eigenvalue weighted by Crippen LogP contribution is -2.05. The number of methoxy groups -OCH3 is 1. The molecule has 0 unspecified atom stereocenters. The summed E-state index contributed by atoms with van der Waals surface area (Å²) in [5.41, 5.74) is -0.771. The number of hydrogen-bond acceptors (Lipinski definition) is 4. The van der Waals surface area contributed by atoms with E-state index in [1.54, 1.807) is 22.6 Å². The second-order valence-corrected chi connectivity index (χ2v) is 6.12. The van der Waals surface area contributed by atoms with Crippen molar-refractivity contribution in [2.75, 3.05) is 7.11 Å². The van der Waals surface area contributed by atoms with Crippen molar-refractivity contribution in [3.05, 3.63) is 15.3 Å². The van der Waals surface area contributed by atoms with Gasteiger partial charge in [-0.1, -0.05) is 0 Å². The lowest BCUT2D eigenvalue weighted by atomic mass is 10.3. The summed E-state index contributed by atoms with van der Waals surface area (Å²) in [6.45, 7) is 0. The number of pyridine rings is 1. The third-order valence-corrected chi connectivity index (χ3v) is 3.62. The van der Waals surface area contributed by atoms with Crippen molar-refractivity contribution in [3.8, 4) is 5.75 Å². The van der Waals surface area contributed by atoms with E-state index >= 15 is 0 Å². The van der Waals surface area contributed by atoms with Gasteiger partial charge in [0, 0.05) is 10.7 Å². The topological polar surface area (TPSA) is 56.3 Å². The molecule has 4 nitrogen and oxygen atoms in total. The molecule has 0 N–H and O–H groups in total. The van der Waals surface area contributed by atoms with E-state index in [1.165, 1.54) is 7.11 Å². The summed E-state index contributed by atoms with van der Waals surface area (Å²) in [5, 5.41) is -0.839. The molecule has 0 saturated carbocycles. The lowest BCUT2D eigenvalue weighted by Gasteiger charge is -2.09. The molecule has 0 aliphatic heterocycles. The summed E-state index contributed by atoms with van der Waals surface area (Å²) in [5.74, 6) is 0.0694. The lowest BCUT2D eigenvalue weighted by molar-refractivity contribution is 0.146. The SMILES string of the molecule is COc1cc(C(F)F)c(S(=O)(=O)Cl)nc1I. The zero-order valence-corrected chi connectivity index (χ0v) is 11.5. The van der Waals surface area contributed by atoms with Gasteiger partial charge in [0.1, 0.15) is 3.70 Å². The monoisotopic (exact) mass is 383 g/mol. The first-order valence-electron chi connectivity index (χ1n) is 3.74. The summed E-state index contributed by atoms with van der Waals surface area (Å²) in [6, 6.07) is 0.911. The summed E-state index contributed by atoms with van der Waals surface area (Å²) in [4.78, 5) is 3.50. The fourth-order valence-corrected chi connectivity index (χ4v) is 2.75. The van der Waals surface area contributed by atoms with Gasteiger partial charge in [-0.05, 0) is 28.7 Å². The Hall–Kier alpha value is -0.220. The van der Waals surface area contributed by atoms with Crippen LogP contribution in [0, 0.1) is 3.70 Å². The molecular formula is C7H5ClF2INO3S. The van der Waals surface area contributed by atoms with Gasteiger partial charge >= 0.3 is 0 Å². The highest BCUT2D eigenvalue weighted by atomic mass is 127. The van der Waals surface area contributed by atoms with Gasteiger partial charge in [0.25, 0.3) is 15.5 Å². The van der Waals surface area contributed by atoms with Crippen molar-refractivity contribution in [2.24, 2.45) is 0 Å². The van der Waals surface area contributed by atoms with E-state index in [0.717, 1.165) is 6.07 Å². The van der Waals surface area contributed by atoms with Gasteiger partial charge in [0.15, 0.2) is 10.8 Å². The van der Waals surface area contributed by atoms with E-state index in [9.17, 15) is 17.2 Å². The van der Waals surface area contributed by atoms with Crippen LogP contribution in [-0.4, -0.2) is 20.5 Å². The van der Waals surface area contributed by atoms with Gasteiger partial charge in [-0.25, -0.2) is 22.2 Å². The van der Waals surface area contributed by atoms with E-state index in [4.69, 9.17) is 15.4 Å². The fourth-order valence-electron chi connectivity index (χ4n) is 0.966. The maximum Gasteiger partial charge on any atom is 0.279 e. The number of aromatic nitrogens is 1. The molecule has 1 heterocycles. The van der Waals surface area contributed by atoms with Crippen molar-refractivity contribution in [1.29, 1.82) is 0 Å². The first kappa shape index (κ1) is 13.8. The van der Waals surface area contributed by atoms with Gasteiger partial charge in [-0.15, -0.1) is 0 Å². The van der Waals surface area contributed by atoms with Gasteiger partial charge in [0.05, 0.1) is 12.7 Å². The first-order valence-corrected chi connectivity index (χ1v) is 7.13. The first-order chi connectivity index (χ1) is 7.27. The zero-order chi connectivity index (χ0) is 12.5. The maximum atomic E-state index is 12.6. The molecule has 1 aromatic rings. The van der Waals surface area contributed by atoms with Gasteiger partial charge in [-0.3, -0.25) is 0 Å². The Morgan fingerprint density at radius 3 is 2.50 bits per heavy atom. The molecular weight excluding hydrogens is 379 g/mol. The molecule has 0 saturated heterocycles. The van der Waals surface area contributed by atoms with E-state index in [-0.39, 0.29) is 9.45 Å². The van der Waals surface area contributed by atoms with Gasteiger partial charge in [-0.2, -0.15) is 0 Å². The van der Waals surface area contributed by atoms with Crippen LogP contribution in [0.25, 0.3) is 0 Å². The third-order valence-electron chi connectivity index (χ3n) is 1.62. The molecule has 0 aliphatic rings. The zero-order valence-electron chi connectivity index (χ0n) is 7.75. The molecule has 0 aromatic carbocycles. The van der Waals surface area contributed by atoms with Crippen LogP contribution < -0.4 is 4.74 Å². The van der Waals surface area contributed by atoms with Crippen LogP contribution in [0.3, 0.4) is 0 Å². The van der Waals surface area contributed by atoms with Gasteiger partial charge in [0.2, 0.25) is 0 Å². The molecule has 1 rings (SSSR count). The second kappa shape index (κ2) is 4.96. The van der Waals surface area contributed by atoms with Crippen molar-refractivity contribution >= 4 is 42.3 Å². The van der Waals surface area contributed by atoms with E-state index in [2.05, 4.69) is 4.98 Å². The van der Waals surface area contributed by atoms with Crippen LogP contribution in [0.4, 0.5) is 8.78 Å². The minimum Gasteiger partial charge on any atom is -0.494 e. The number of halogens is 4. The van der Waals surface area contributed by atoms with Crippen LogP contribution in [-0.2, 0) is 9.05 Å². The highest BCUT2D eigenvalue weighted by Crippen LogP contribution is 2.32. The molecule has 9 heteroatoms. The minimum atomic E-state index is -4.31.